The highest BCUT2D eigenvalue weighted by atomic mass is 32.1. The second-order valence-electron chi connectivity index (χ2n) is 8.06. The molecule has 3 fully saturated rings. The van der Waals surface area contributed by atoms with Gasteiger partial charge >= 0.3 is 0 Å². The fourth-order valence-electron chi connectivity index (χ4n) is 4.94. The van der Waals surface area contributed by atoms with Crippen molar-refractivity contribution in [3.8, 4) is 0 Å². The number of rotatable bonds is 0. The van der Waals surface area contributed by atoms with E-state index in [0.717, 1.165) is 29.6 Å². The summed E-state index contributed by atoms with van der Waals surface area (Å²) < 4.78 is 0. The van der Waals surface area contributed by atoms with E-state index >= 15 is 0 Å². The lowest BCUT2D eigenvalue weighted by atomic mass is 9.78. The average Bonchev–Trinajstić information content (AvgIpc) is 3.05. The molecule has 0 saturated heterocycles. The number of hydrogen-bond acceptors (Lipinski definition) is 1. The third-order valence-electron chi connectivity index (χ3n) is 7.01. The molecule has 7 atom stereocenters. The highest BCUT2D eigenvalue weighted by molar-refractivity contribution is 7.81. The lowest BCUT2D eigenvalue weighted by Crippen LogP contribution is -2.25. The second-order valence-corrected chi connectivity index (χ2v) is 8.72. The standard InChI is InChI=1S/C18H30S/c1-11-7-16-10-18(16)6-5-15(8-17(19)14(11)4)13(3)12(2)9-18/h11,13-17,19H,2,5-10H2,1,3-4H3. The molecule has 0 N–H and O–H groups in total. The van der Waals surface area contributed by atoms with Gasteiger partial charge in [0.05, 0.1) is 0 Å². The zero-order valence-corrected chi connectivity index (χ0v) is 13.8. The molecule has 3 aliphatic carbocycles. The van der Waals surface area contributed by atoms with Crippen LogP contribution < -0.4 is 0 Å². The zero-order valence-electron chi connectivity index (χ0n) is 12.9. The molecule has 108 valence electrons. The van der Waals surface area contributed by atoms with Gasteiger partial charge in [-0.15, -0.1) is 0 Å². The van der Waals surface area contributed by atoms with Gasteiger partial charge in [0.1, 0.15) is 0 Å². The first-order valence-electron chi connectivity index (χ1n) is 8.28. The average molecular weight is 279 g/mol. The number of thiol groups is 1. The first kappa shape index (κ1) is 14.0. The molecule has 3 rings (SSSR count). The number of allylic oxidation sites excluding steroid dienone is 1. The van der Waals surface area contributed by atoms with Gasteiger partial charge in [0.15, 0.2) is 0 Å². The van der Waals surface area contributed by atoms with E-state index in [1.165, 1.54) is 38.5 Å². The van der Waals surface area contributed by atoms with E-state index < -0.39 is 0 Å². The van der Waals surface area contributed by atoms with Crippen LogP contribution in [-0.2, 0) is 0 Å². The molecule has 0 aromatic carbocycles. The van der Waals surface area contributed by atoms with Gasteiger partial charge in [0, 0.05) is 5.25 Å². The van der Waals surface area contributed by atoms with E-state index in [-0.39, 0.29) is 0 Å². The van der Waals surface area contributed by atoms with E-state index in [1.54, 1.807) is 5.57 Å². The Kier molecular flexibility index (Phi) is 3.57. The zero-order chi connectivity index (χ0) is 13.8. The van der Waals surface area contributed by atoms with E-state index in [1.807, 2.05) is 0 Å². The quantitative estimate of drug-likeness (QED) is 0.448. The molecule has 2 bridgehead atoms. The highest BCUT2D eigenvalue weighted by Crippen LogP contribution is 2.65. The molecular formula is C18H30S. The van der Waals surface area contributed by atoms with Crippen LogP contribution in [0.4, 0.5) is 0 Å². The van der Waals surface area contributed by atoms with Crippen LogP contribution in [0.25, 0.3) is 0 Å². The predicted octanol–water partition coefficient (Wildman–Crippen LogP) is 5.35. The Morgan fingerprint density at radius 1 is 1.21 bits per heavy atom. The largest absolute Gasteiger partial charge is 0.176 e. The molecule has 1 spiro atoms. The maximum Gasteiger partial charge on any atom is 0.00478 e. The van der Waals surface area contributed by atoms with E-state index in [0.29, 0.717) is 10.7 Å². The van der Waals surface area contributed by atoms with Crippen molar-refractivity contribution in [2.75, 3.05) is 0 Å². The summed E-state index contributed by atoms with van der Waals surface area (Å²) in [6, 6.07) is 0. The van der Waals surface area contributed by atoms with Gasteiger partial charge in [-0.3, -0.25) is 0 Å². The third kappa shape index (κ3) is 2.41. The molecule has 0 nitrogen and oxygen atoms in total. The first-order chi connectivity index (χ1) is 8.93. The van der Waals surface area contributed by atoms with Crippen molar-refractivity contribution in [3.05, 3.63) is 12.2 Å². The van der Waals surface area contributed by atoms with Gasteiger partial charge in [-0.2, -0.15) is 12.6 Å². The molecule has 0 aromatic rings. The molecule has 19 heavy (non-hydrogen) atoms. The van der Waals surface area contributed by atoms with Gasteiger partial charge in [-0.25, -0.2) is 0 Å². The molecule has 3 saturated carbocycles. The Bertz CT molecular complexity index is 374. The Morgan fingerprint density at radius 3 is 2.68 bits per heavy atom. The van der Waals surface area contributed by atoms with Crippen molar-refractivity contribution in [3.63, 3.8) is 0 Å². The van der Waals surface area contributed by atoms with Crippen LogP contribution in [0.3, 0.4) is 0 Å². The monoisotopic (exact) mass is 278 g/mol. The minimum Gasteiger partial charge on any atom is -0.176 e. The van der Waals surface area contributed by atoms with Crippen LogP contribution in [-0.4, -0.2) is 5.25 Å². The maximum absolute atomic E-state index is 4.96. The number of hydrogen-bond donors (Lipinski definition) is 1. The van der Waals surface area contributed by atoms with Crippen LogP contribution in [0.2, 0.25) is 0 Å². The molecule has 0 radical (unpaired) electrons. The minimum absolute atomic E-state index is 0.583. The van der Waals surface area contributed by atoms with Gasteiger partial charge in [0.2, 0.25) is 0 Å². The number of fused-ring (bicyclic) bond motifs is 2. The summed E-state index contributed by atoms with van der Waals surface area (Å²) in [6.07, 6.45) is 8.44. The normalized spacial score (nSPS) is 54.4. The fourth-order valence-corrected chi connectivity index (χ4v) is 5.50. The minimum atomic E-state index is 0.583. The third-order valence-corrected chi connectivity index (χ3v) is 7.69. The van der Waals surface area contributed by atoms with Crippen molar-refractivity contribution in [2.45, 2.75) is 64.5 Å². The van der Waals surface area contributed by atoms with Gasteiger partial charge in [-0.05, 0) is 73.5 Å². The molecule has 7 unspecified atom stereocenters. The summed E-state index contributed by atoms with van der Waals surface area (Å²) in [4.78, 5) is 0. The van der Waals surface area contributed by atoms with Crippen molar-refractivity contribution in [1.29, 1.82) is 0 Å². The van der Waals surface area contributed by atoms with Gasteiger partial charge in [0.25, 0.3) is 0 Å². The van der Waals surface area contributed by atoms with E-state index in [9.17, 15) is 0 Å². The summed E-state index contributed by atoms with van der Waals surface area (Å²) >= 11 is 4.96. The summed E-state index contributed by atoms with van der Waals surface area (Å²) in [7, 11) is 0. The van der Waals surface area contributed by atoms with Crippen molar-refractivity contribution >= 4 is 12.6 Å². The van der Waals surface area contributed by atoms with Gasteiger partial charge in [-0.1, -0.05) is 32.9 Å². The topological polar surface area (TPSA) is 0 Å². The van der Waals surface area contributed by atoms with Crippen LogP contribution >= 0.6 is 12.6 Å². The Balaban J connectivity index is 1.89. The lowest BCUT2D eigenvalue weighted by Gasteiger charge is -2.31. The molecule has 0 aromatic heterocycles. The molecule has 0 heterocycles. The van der Waals surface area contributed by atoms with Crippen LogP contribution in [0.1, 0.15) is 59.3 Å². The highest BCUT2D eigenvalue weighted by Gasteiger charge is 2.55. The predicted molar refractivity (Wildman–Crippen MR) is 86.5 cm³/mol. The molecule has 0 amide bonds. The smallest absolute Gasteiger partial charge is 0.00478 e. The van der Waals surface area contributed by atoms with Crippen molar-refractivity contribution < 1.29 is 0 Å². The second kappa shape index (κ2) is 4.83. The Hall–Kier alpha value is 0.0900. The molecule has 1 heteroatoms. The van der Waals surface area contributed by atoms with Crippen LogP contribution in [0.15, 0.2) is 12.2 Å². The fraction of sp³-hybridized carbons (Fsp3) is 0.889. The summed E-state index contributed by atoms with van der Waals surface area (Å²) in [6.45, 7) is 11.8. The maximum atomic E-state index is 4.96. The Morgan fingerprint density at radius 2 is 1.95 bits per heavy atom. The first-order valence-corrected chi connectivity index (χ1v) is 8.80. The van der Waals surface area contributed by atoms with E-state index in [2.05, 4.69) is 27.4 Å². The Labute approximate surface area is 124 Å². The lowest BCUT2D eigenvalue weighted by molar-refractivity contribution is 0.251. The summed E-state index contributed by atoms with van der Waals surface area (Å²) in [5.41, 5.74) is 2.23. The van der Waals surface area contributed by atoms with E-state index in [4.69, 9.17) is 12.6 Å². The summed E-state index contributed by atoms with van der Waals surface area (Å²) in [5, 5.41) is 0.583. The molecule has 0 aliphatic heterocycles. The van der Waals surface area contributed by atoms with Gasteiger partial charge < -0.3 is 0 Å². The van der Waals surface area contributed by atoms with Crippen molar-refractivity contribution in [1.82, 2.24) is 0 Å². The van der Waals surface area contributed by atoms with Crippen LogP contribution in [0, 0.1) is 35.0 Å². The van der Waals surface area contributed by atoms with Crippen molar-refractivity contribution in [2.24, 2.45) is 35.0 Å². The van der Waals surface area contributed by atoms with Crippen LogP contribution in [0.5, 0.6) is 0 Å². The molecule has 3 aliphatic rings. The SMILES string of the molecule is C=C1CC23CCC(CC(S)C(C)C(C)CC2C3)C1C. The molecular weight excluding hydrogens is 248 g/mol. The summed E-state index contributed by atoms with van der Waals surface area (Å²) in [5.74, 6) is 4.15.